The number of aromatic nitrogens is 3. The van der Waals surface area contributed by atoms with Crippen molar-refractivity contribution < 1.29 is 4.79 Å². The maximum absolute atomic E-state index is 12.8. The van der Waals surface area contributed by atoms with Gasteiger partial charge in [-0.25, -0.2) is 4.68 Å². The lowest BCUT2D eigenvalue weighted by atomic mass is 10.2. The van der Waals surface area contributed by atoms with Crippen molar-refractivity contribution in [3.63, 3.8) is 0 Å². The molecule has 144 valence electrons. The average Bonchev–Trinajstić information content (AvgIpc) is 3.01. The molecule has 0 radical (unpaired) electrons. The average molecular weight is 387 g/mol. The highest BCUT2D eigenvalue weighted by molar-refractivity contribution is 7.99. The van der Waals surface area contributed by atoms with Crippen LogP contribution in [0.25, 0.3) is 21.8 Å². The van der Waals surface area contributed by atoms with E-state index in [1.165, 1.54) is 11.1 Å². The molecule has 0 saturated heterocycles. The van der Waals surface area contributed by atoms with E-state index in [1.54, 1.807) is 13.2 Å². The molecule has 2 heterocycles. The van der Waals surface area contributed by atoms with Crippen LogP contribution in [-0.2, 0) is 11.8 Å². The van der Waals surface area contributed by atoms with E-state index in [9.17, 15) is 9.59 Å². The molecular weight excluding hydrogens is 360 g/mol. The van der Waals surface area contributed by atoms with E-state index in [1.807, 2.05) is 47.5 Å². The van der Waals surface area contributed by atoms with Gasteiger partial charge in [-0.3, -0.25) is 9.59 Å². The zero-order valence-electron chi connectivity index (χ0n) is 16.1. The Labute approximate surface area is 162 Å². The van der Waals surface area contributed by atoms with Gasteiger partial charge >= 0.3 is 0 Å². The first-order chi connectivity index (χ1) is 13.1. The standard InChI is InChI=1S/C20H26N4O2S/c1-4-11-27-12-7-10-21-19(25)14(2)24-17-9-6-5-8-15(17)16-13-22-23(3)20(26)18(16)24/h5-6,8-9,13-14H,4,7,10-12H2,1-3H3,(H,21,25)/t14-/m0/s1. The first kappa shape index (κ1) is 19.5. The summed E-state index contributed by atoms with van der Waals surface area (Å²) < 4.78 is 3.16. The monoisotopic (exact) mass is 386 g/mol. The molecule has 0 aliphatic rings. The fraction of sp³-hybridized carbons (Fsp3) is 0.450. The second kappa shape index (κ2) is 8.61. The normalized spacial score (nSPS) is 12.6. The molecule has 0 aliphatic heterocycles. The van der Waals surface area contributed by atoms with Gasteiger partial charge in [-0.1, -0.05) is 25.1 Å². The molecule has 0 fully saturated rings. The largest absolute Gasteiger partial charge is 0.354 e. The lowest BCUT2D eigenvalue weighted by Gasteiger charge is -2.16. The zero-order chi connectivity index (χ0) is 19.4. The highest BCUT2D eigenvalue weighted by Gasteiger charge is 2.22. The number of hydrogen-bond acceptors (Lipinski definition) is 4. The highest BCUT2D eigenvalue weighted by atomic mass is 32.2. The van der Waals surface area contributed by atoms with Crippen LogP contribution in [0.4, 0.5) is 0 Å². The van der Waals surface area contributed by atoms with Crippen LogP contribution < -0.4 is 10.9 Å². The number of carbonyl (C=O) groups excluding carboxylic acids is 1. The summed E-state index contributed by atoms with van der Waals surface area (Å²) in [4.78, 5) is 25.5. The van der Waals surface area contributed by atoms with Crippen molar-refractivity contribution >= 4 is 39.5 Å². The minimum absolute atomic E-state index is 0.0722. The van der Waals surface area contributed by atoms with Crippen LogP contribution >= 0.6 is 11.8 Å². The van der Waals surface area contributed by atoms with Gasteiger partial charge in [-0.05, 0) is 37.3 Å². The van der Waals surface area contributed by atoms with Crippen molar-refractivity contribution in [1.29, 1.82) is 0 Å². The number of carbonyl (C=O) groups is 1. The Morgan fingerprint density at radius 3 is 2.81 bits per heavy atom. The van der Waals surface area contributed by atoms with Gasteiger partial charge in [0.15, 0.2) is 0 Å². The van der Waals surface area contributed by atoms with Crippen LogP contribution in [0.2, 0.25) is 0 Å². The van der Waals surface area contributed by atoms with Crippen molar-refractivity contribution in [3.8, 4) is 0 Å². The van der Waals surface area contributed by atoms with Crippen LogP contribution in [-0.4, -0.2) is 38.3 Å². The second-order valence-corrected chi connectivity index (χ2v) is 7.88. The van der Waals surface area contributed by atoms with Gasteiger partial charge in [0.05, 0.1) is 11.7 Å². The van der Waals surface area contributed by atoms with E-state index in [2.05, 4.69) is 17.3 Å². The number of amides is 1. The molecule has 0 spiro atoms. The van der Waals surface area contributed by atoms with E-state index in [0.29, 0.717) is 12.1 Å². The second-order valence-electron chi connectivity index (χ2n) is 6.66. The van der Waals surface area contributed by atoms with Gasteiger partial charge < -0.3 is 9.88 Å². The van der Waals surface area contributed by atoms with Crippen LogP contribution in [0.3, 0.4) is 0 Å². The van der Waals surface area contributed by atoms with E-state index >= 15 is 0 Å². The lowest BCUT2D eigenvalue weighted by molar-refractivity contribution is -0.123. The fourth-order valence-electron chi connectivity index (χ4n) is 3.29. The van der Waals surface area contributed by atoms with Crippen LogP contribution in [0.5, 0.6) is 0 Å². The van der Waals surface area contributed by atoms with Crippen LogP contribution in [0.1, 0.15) is 32.7 Å². The summed E-state index contributed by atoms with van der Waals surface area (Å²) in [6.07, 6.45) is 3.82. The Kier molecular flexibility index (Phi) is 6.21. The molecule has 1 N–H and O–H groups in total. The molecule has 27 heavy (non-hydrogen) atoms. The molecular formula is C20H26N4O2S. The molecule has 1 amide bonds. The number of para-hydroxylation sites is 1. The van der Waals surface area contributed by atoms with Gasteiger partial charge in [0.1, 0.15) is 11.6 Å². The number of nitrogens with zero attached hydrogens (tertiary/aromatic N) is 3. The lowest BCUT2D eigenvalue weighted by Crippen LogP contribution is -2.33. The SMILES string of the molecule is CCCSCCCNC(=O)[C@H](C)n1c2ccccc2c2cnn(C)c(=O)c21. The quantitative estimate of drug-likeness (QED) is 0.604. The number of hydrogen-bond donors (Lipinski definition) is 1. The fourth-order valence-corrected chi connectivity index (χ4v) is 4.13. The van der Waals surface area contributed by atoms with Crippen LogP contribution in [0.15, 0.2) is 35.3 Å². The number of fused-ring (bicyclic) bond motifs is 3. The Bertz CT molecular complexity index is 1010. The van der Waals surface area contributed by atoms with Gasteiger partial charge in [0, 0.05) is 24.4 Å². The van der Waals surface area contributed by atoms with Gasteiger partial charge in [-0.2, -0.15) is 16.9 Å². The maximum Gasteiger partial charge on any atom is 0.291 e. The molecule has 0 unspecified atom stereocenters. The first-order valence-electron chi connectivity index (χ1n) is 9.36. The molecule has 0 aliphatic carbocycles. The maximum atomic E-state index is 12.8. The van der Waals surface area contributed by atoms with E-state index in [4.69, 9.17) is 0 Å². The third-order valence-electron chi connectivity index (χ3n) is 4.69. The predicted molar refractivity (Wildman–Crippen MR) is 112 cm³/mol. The summed E-state index contributed by atoms with van der Waals surface area (Å²) in [5.74, 6) is 2.13. The predicted octanol–water partition coefficient (Wildman–Crippen LogP) is 3.10. The van der Waals surface area contributed by atoms with E-state index in [0.717, 1.165) is 34.2 Å². The van der Waals surface area contributed by atoms with Crippen LogP contribution in [0, 0.1) is 0 Å². The molecule has 0 bridgehead atoms. The highest BCUT2D eigenvalue weighted by Crippen LogP contribution is 2.29. The first-order valence-corrected chi connectivity index (χ1v) is 10.5. The third-order valence-corrected chi connectivity index (χ3v) is 5.96. The Balaban J connectivity index is 1.89. The Morgan fingerprint density at radius 1 is 1.26 bits per heavy atom. The molecule has 1 atom stereocenters. The molecule has 2 aromatic heterocycles. The summed E-state index contributed by atoms with van der Waals surface area (Å²) in [5.41, 5.74) is 1.20. The Hall–Kier alpha value is -2.28. The summed E-state index contributed by atoms with van der Waals surface area (Å²) >= 11 is 1.91. The molecule has 7 heteroatoms. The number of benzene rings is 1. The van der Waals surface area contributed by atoms with Gasteiger partial charge in [0.2, 0.25) is 5.91 Å². The van der Waals surface area contributed by atoms with Crippen molar-refractivity contribution in [2.45, 2.75) is 32.7 Å². The van der Waals surface area contributed by atoms with Crippen molar-refractivity contribution in [1.82, 2.24) is 19.7 Å². The molecule has 6 nitrogen and oxygen atoms in total. The van der Waals surface area contributed by atoms with Crippen molar-refractivity contribution in [2.75, 3.05) is 18.1 Å². The zero-order valence-corrected chi connectivity index (χ0v) is 16.9. The molecule has 0 saturated carbocycles. The molecule has 1 aromatic carbocycles. The topological polar surface area (TPSA) is 68.9 Å². The van der Waals surface area contributed by atoms with Crippen molar-refractivity contribution in [2.24, 2.45) is 7.05 Å². The van der Waals surface area contributed by atoms with Crippen molar-refractivity contribution in [3.05, 3.63) is 40.8 Å². The number of nitrogens with one attached hydrogen (secondary N) is 1. The van der Waals surface area contributed by atoms with Gasteiger partial charge in [-0.15, -0.1) is 0 Å². The van der Waals surface area contributed by atoms with E-state index < -0.39 is 6.04 Å². The minimum atomic E-state index is -0.481. The third kappa shape index (κ3) is 3.88. The summed E-state index contributed by atoms with van der Waals surface area (Å²) in [6.45, 7) is 4.66. The van der Waals surface area contributed by atoms with Gasteiger partial charge in [0.25, 0.3) is 5.56 Å². The minimum Gasteiger partial charge on any atom is -0.354 e. The summed E-state index contributed by atoms with van der Waals surface area (Å²) in [7, 11) is 1.63. The number of aryl methyl sites for hydroxylation is 1. The number of thioether (sulfide) groups is 1. The number of rotatable bonds is 8. The Morgan fingerprint density at radius 2 is 2.04 bits per heavy atom. The molecule has 3 rings (SSSR count). The van der Waals surface area contributed by atoms with E-state index in [-0.39, 0.29) is 11.5 Å². The summed E-state index contributed by atoms with van der Waals surface area (Å²) in [6, 6.07) is 7.28. The molecule has 3 aromatic rings. The summed E-state index contributed by atoms with van der Waals surface area (Å²) in [5, 5.41) is 8.88. The smallest absolute Gasteiger partial charge is 0.291 e.